The van der Waals surface area contributed by atoms with Gasteiger partial charge in [0.2, 0.25) is 0 Å². The molecule has 0 unspecified atom stereocenters. The molecule has 132 valence electrons. The third-order valence-electron chi connectivity index (χ3n) is 8.14. The van der Waals surface area contributed by atoms with Crippen LogP contribution in [0.1, 0.15) is 52.4 Å². The van der Waals surface area contributed by atoms with E-state index >= 15 is 0 Å². The number of hydrogen-bond acceptors (Lipinski definition) is 3. The molecule has 0 aliphatic heterocycles. The zero-order valence-corrected chi connectivity index (χ0v) is 14.8. The molecule has 3 saturated carbocycles. The lowest BCUT2D eigenvalue weighted by Crippen LogP contribution is -2.58. The van der Waals surface area contributed by atoms with Crippen LogP contribution in [0.2, 0.25) is 0 Å². The first kappa shape index (κ1) is 16.6. The summed E-state index contributed by atoms with van der Waals surface area (Å²) in [5.74, 6) is 4.59. The van der Waals surface area contributed by atoms with E-state index in [1.165, 1.54) is 5.57 Å². The molecule has 3 nitrogen and oxygen atoms in total. The predicted molar refractivity (Wildman–Crippen MR) is 92.8 cm³/mol. The van der Waals surface area contributed by atoms with E-state index in [0.717, 1.165) is 25.7 Å². The van der Waals surface area contributed by atoms with Crippen molar-refractivity contribution < 1.29 is 15.3 Å². The van der Waals surface area contributed by atoms with Crippen molar-refractivity contribution in [2.45, 2.75) is 70.2 Å². The number of terminal acetylenes is 1. The summed E-state index contributed by atoms with van der Waals surface area (Å²) in [6.07, 6.45) is 12.0. The normalized spacial score (nSPS) is 56.5. The molecule has 0 amide bonds. The fraction of sp³-hybridized carbons (Fsp3) is 0.810. The molecular formula is C21H30O3. The molecule has 3 N–H and O–H groups in total. The largest absolute Gasteiger partial charge is 0.393 e. The molecule has 24 heavy (non-hydrogen) atoms. The molecule has 0 aromatic carbocycles. The number of aliphatic hydroxyl groups is 3. The molecule has 0 aromatic rings. The van der Waals surface area contributed by atoms with Gasteiger partial charge in [-0.05, 0) is 68.1 Å². The van der Waals surface area contributed by atoms with Crippen molar-refractivity contribution >= 4 is 0 Å². The van der Waals surface area contributed by atoms with Crippen LogP contribution >= 0.6 is 0 Å². The molecule has 0 aromatic heterocycles. The standard InChI is InChI=1S/C21H30O3/c1-4-21(24)8-7-16-18-12(2)9-13-10-14(22)5-6-15(13)19(18)17(23)11-20(16,21)3/h1,10,12,14-19,22-24H,5-9,11H2,2-3H3/t12-,14-,15+,16+,17-,18+,19+,20+,21+/m1/s1. The average molecular weight is 330 g/mol. The zero-order valence-electron chi connectivity index (χ0n) is 14.8. The highest BCUT2D eigenvalue weighted by Crippen LogP contribution is 2.65. The highest BCUT2D eigenvalue weighted by molar-refractivity contribution is 5.27. The van der Waals surface area contributed by atoms with E-state index in [-0.39, 0.29) is 17.4 Å². The average Bonchev–Trinajstić information content (AvgIpc) is 2.79. The van der Waals surface area contributed by atoms with E-state index in [1.807, 2.05) is 6.08 Å². The van der Waals surface area contributed by atoms with Gasteiger partial charge in [0.05, 0.1) is 12.2 Å². The lowest BCUT2D eigenvalue weighted by Gasteiger charge is -2.58. The second-order valence-corrected chi connectivity index (χ2v) is 9.17. The Morgan fingerprint density at radius 2 is 1.96 bits per heavy atom. The van der Waals surface area contributed by atoms with Crippen LogP contribution in [0.3, 0.4) is 0 Å². The molecule has 0 bridgehead atoms. The van der Waals surface area contributed by atoms with Crippen molar-refractivity contribution in [2.24, 2.45) is 35.0 Å². The Morgan fingerprint density at radius 1 is 1.21 bits per heavy atom. The minimum Gasteiger partial charge on any atom is -0.393 e. The summed E-state index contributed by atoms with van der Waals surface area (Å²) in [6, 6.07) is 0. The molecule has 0 spiro atoms. The van der Waals surface area contributed by atoms with Gasteiger partial charge in [0.15, 0.2) is 0 Å². The fourth-order valence-electron chi connectivity index (χ4n) is 7.01. The summed E-state index contributed by atoms with van der Waals surface area (Å²) < 4.78 is 0. The maximum absolute atomic E-state index is 11.1. The summed E-state index contributed by atoms with van der Waals surface area (Å²) >= 11 is 0. The Kier molecular flexibility index (Phi) is 3.70. The molecule has 0 radical (unpaired) electrons. The van der Waals surface area contributed by atoms with Crippen LogP contribution in [0.25, 0.3) is 0 Å². The van der Waals surface area contributed by atoms with Gasteiger partial charge in [-0.15, -0.1) is 6.42 Å². The number of aliphatic hydroxyl groups excluding tert-OH is 2. The van der Waals surface area contributed by atoms with E-state index in [2.05, 4.69) is 19.8 Å². The van der Waals surface area contributed by atoms with Gasteiger partial charge in [0.1, 0.15) is 5.60 Å². The van der Waals surface area contributed by atoms with Crippen LogP contribution in [0.4, 0.5) is 0 Å². The van der Waals surface area contributed by atoms with Crippen molar-refractivity contribution in [3.8, 4) is 12.3 Å². The van der Waals surface area contributed by atoms with E-state index in [9.17, 15) is 15.3 Å². The van der Waals surface area contributed by atoms with Crippen LogP contribution in [-0.4, -0.2) is 33.1 Å². The SMILES string of the molecule is C#C[C@]1(O)CC[C@H]2[C@H]3[C@H]([C@H](O)C[C@@]21C)[C@H]1CC[C@@H](O)C=C1C[C@H]3C. The summed E-state index contributed by atoms with van der Waals surface area (Å²) in [5, 5.41) is 32.1. The van der Waals surface area contributed by atoms with Gasteiger partial charge < -0.3 is 15.3 Å². The zero-order chi connectivity index (χ0) is 17.3. The lowest BCUT2D eigenvalue weighted by molar-refractivity contribution is -0.150. The molecular weight excluding hydrogens is 300 g/mol. The van der Waals surface area contributed by atoms with Gasteiger partial charge in [-0.25, -0.2) is 0 Å². The Balaban J connectivity index is 1.74. The van der Waals surface area contributed by atoms with Crippen LogP contribution < -0.4 is 0 Å². The highest BCUT2D eigenvalue weighted by Gasteiger charge is 2.65. The smallest absolute Gasteiger partial charge is 0.130 e. The Bertz CT molecular complexity index is 605. The molecule has 3 heteroatoms. The van der Waals surface area contributed by atoms with Gasteiger partial charge in [0, 0.05) is 5.41 Å². The quantitative estimate of drug-likeness (QED) is 0.472. The van der Waals surface area contributed by atoms with E-state index < -0.39 is 11.7 Å². The minimum atomic E-state index is -1.08. The van der Waals surface area contributed by atoms with E-state index in [0.29, 0.717) is 36.5 Å². The lowest BCUT2D eigenvalue weighted by atomic mass is 9.47. The number of allylic oxidation sites excluding steroid dienone is 1. The second-order valence-electron chi connectivity index (χ2n) is 9.17. The maximum Gasteiger partial charge on any atom is 0.130 e. The molecule has 4 rings (SSSR count). The predicted octanol–water partition coefficient (Wildman–Crippen LogP) is 2.50. The summed E-state index contributed by atoms with van der Waals surface area (Å²) in [7, 11) is 0. The van der Waals surface area contributed by atoms with Gasteiger partial charge >= 0.3 is 0 Å². The number of rotatable bonds is 0. The first-order chi connectivity index (χ1) is 11.3. The highest BCUT2D eigenvalue weighted by atomic mass is 16.3. The van der Waals surface area contributed by atoms with Gasteiger partial charge in [0.25, 0.3) is 0 Å². The molecule has 4 aliphatic rings. The van der Waals surface area contributed by atoms with Crippen LogP contribution in [0.5, 0.6) is 0 Å². The number of hydrogen-bond donors (Lipinski definition) is 3. The topological polar surface area (TPSA) is 60.7 Å². The van der Waals surface area contributed by atoms with E-state index in [1.54, 1.807) is 0 Å². The van der Waals surface area contributed by atoms with Crippen LogP contribution in [0, 0.1) is 47.3 Å². The van der Waals surface area contributed by atoms with Crippen molar-refractivity contribution in [3.63, 3.8) is 0 Å². The first-order valence-electron chi connectivity index (χ1n) is 9.57. The fourth-order valence-corrected chi connectivity index (χ4v) is 7.01. The van der Waals surface area contributed by atoms with Crippen molar-refractivity contribution in [3.05, 3.63) is 11.6 Å². The van der Waals surface area contributed by atoms with E-state index in [4.69, 9.17) is 6.42 Å². The molecule has 0 heterocycles. The second kappa shape index (κ2) is 5.34. The third kappa shape index (κ3) is 2.03. The van der Waals surface area contributed by atoms with Crippen LogP contribution in [0.15, 0.2) is 11.6 Å². The molecule has 4 aliphatic carbocycles. The summed E-state index contributed by atoms with van der Waals surface area (Å²) in [6.45, 7) is 4.38. The van der Waals surface area contributed by atoms with Gasteiger partial charge in [-0.2, -0.15) is 0 Å². The maximum atomic E-state index is 11.1. The Hall–Kier alpha value is -0.820. The van der Waals surface area contributed by atoms with Crippen LogP contribution in [-0.2, 0) is 0 Å². The third-order valence-corrected chi connectivity index (χ3v) is 8.14. The Labute approximate surface area is 145 Å². The monoisotopic (exact) mass is 330 g/mol. The van der Waals surface area contributed by atoms with Gasteiger partial charge in [-0.3, -0.25) is 0 Å². The minimum absolute atomic E-state index is 0.255. The van der Waals surface area contributed by atoms with Crippen molar-refractivity contribution in [1.82, 2.24) is 0 Å². The van der Waals surface area contributed by atoms with Crippen molar-refractivity contribution in [2.75, 3.05) is 0 Å². The van der Waals surface area contributed by atoms with Gasteiger partial charge in [-0.1, -0.05) is 31.4 Å². The summed E-state index contributed by atoms with van der Waals surface area (Å²) in [4.78, 5) is 0. The Morgan fingerprint density at radius 3 is 2.67 bits per heavy atom. The first-order valence-corrected chi connectivity index (χ1v) is 9.57. The molecule has 3 fully saturated rings. The summed E-state index contributed by atoms with van der Waals surface area (Å²) in [5.41, 5.74) is -0.107. The molecule has 9 atom stereocenters. The van der Waals surface area contributed by atoms with Crippen molar-refractivity contribution in [1.29, 1.82) is 0 Å². The number of fused-ring (bicyclic) bond motifs is 5. The molecule has 0 saturated heterocycles.